The van der Waals surface area contributed by atoms with Gasteiger partial charge in [0.1, 0.15) is 0 Å². The Kier molecular flexibility index (Phi) is 4.01. The van der Waals surface area contributed by atoms with Crippen molar-refractivity contribution in [1.82, 2.24) is 15.2 Å². The molecule has 5 nitrogen and oxygen atoms in total. The van der Waals surface area contributed by atoms with Crippen LogP contribution in [0.3, 0.4) is 0 Å². The second kappa shape index (κ2) is 5.78. The van der Waals surface area contributed by atoms with E-state index in [-0.39, 0.29) is 0 Å². The number of benzene rings is 1. The molecule has 0 unspecified atom stereocenters. The molecule has 3 rings (SSSR count). The fourth-order valence-corrected chi connectivity index (χ4v) is 3.95. The molecule has 1 aromatic carbocycles. The van der Waals surface area contributed by atoms with E-state index in [1.165, 1.54) is 0 Å². The lowest BCUT2D eigenvalue weighted by atomic mass is 10.2. The largest absolute Gasteiger partial charge is 0.398 e. The van der Waals surface area contributed by atoms with E-state index in [2.05, 4.69) is 31.1 Å². The molecule has 2 aromatic heterocycles. The van der Waals surface area contributed by atoms with Crippen LogP contribution in [0.5, 0.6) is 0 Å². The Balaban J connectivity index is 2.02. The summed E-state index contributed by atoms with van der Waals surface area (Å²) < 4.78 is 1.80. The monoisotopic (exact) mass is 381 g/mol. The summed E-state index contributed by atoms with van der Waals surface area (Å²) >= 11 is 6.53. The van der Waals surface area contributed by atoms with Crippen LogP contribution < -0.4 is 10.6 Å². The normalized spacial score (nSPS) is 11.0. The van der Waals surface area contributed by atoms with Crippen molar-refractivity contribution in [3.63, 3.8) is 0 Å². The number of halogens is 1. The van der Waals surface area contributed by atoms with Crippen LogP contribution in [-0.2, 0) is 0 Å². The number of nitrogen functional groups attached to an aromatic ring is 1. The molecule has 8 heteroatoms. The quantitative estimate of drug-likeness (QED) is 0.698. The first-order chi connectivity index (χ1) is 10.0. The van der Waals surface area contributed by atoms with Crippen LogP contribution in [0, 0.1) is 0 Å². The minimum absolute atomic E-state index is 0.717. The number of hydrogen-bond donors (Lipinski definition) is 1. The molecule has 21 heavy (non-hydrogen) atoms. The van der Waals surface area contributed by atoms with Crippen molar-refractivity contribution < 1.29 is 0 Å². The van der Waals surface area contributed by atoms with Gasteiger partial charge in [-0.2, -0.15) is 0 Å². The Hall–Kier alpha value is -1.38. The lowest BCUT2D eigenvalue weighted by molar-refractivity contribution is 0.973. The maximum Gasteiger partial charge on any atom is 0.208 e. The van der Waals surface area contributed by atoms with Crippen LogP contribution in [0.25, 0.3) is 10.9 Å². The highest BCUT2D eigenvalue weighted by atomic mass is 79.9. The van der Waals surface area contributed by atoms with Crippen molar-refractivity contribution in [2.75, 3.05) is 24.7 Å². The Labute approximate surface area is 138 Å². The first kappa shape index (κ1) is 14.6. The molecule has 0 fully saturated rings. The third-order valence-electron chi connectivity index (χ3n) is 2.79. The smallest absolute Gasteiger partial charge is 0.208 e. The molecule has 0 radical (unpaired) electrons. The minimum atomic E-state index is 0.717. The van der Waals surface area contributed by atoms with Crippen molar-refractivity contribution in [3.8, 4) is 0 Å². The van der Waals surface area contributed by atoms with E-state index in [0.29, 0.717) is 0 Å². The van der Waals surface area contributed by atoms with Crippen LogP contribution in [0.4, 0.5) is 10.8 Å². The minimum Gasteiger partial charge on any atom is -0.398 e. The maximum atomic E-state index is 6.03. The SMILES string of the molecule is CN(C)c1nnc(Sc2ccc(N)c3cc(Br)cnc23)s1. The molecule has 108 valence electrons. The van der Waals surface area contributed by atoms with Gasteiger partial charge in [0.15, 0.2) is 4.34 Å². The molecule has 0 aliphatic carbocycles. The van der Waals surface area contributed by atoms with Gasteiger partial charge in [0.05, 0.1) is 5.52 Å². The average molecular weight is 382 g/mol. The Morgan fingerprint density at radius 3 is 2.81 bits per heavy atom. The summed E-state index contributed by atoms with van der Waals surface area (Å²) in [4.78, 5) is 7.44. The summed E-state index contributed by atoms with van der Waals surface area (Å²) in [6, 6.07) is 5.85. The second-order valence-corrected chi connectivity index (χ2v) is 7.71. The topological polar surface area (TPSA) is 67.9 Å². The second-order valence-electron chi connectivity index (χ2n) is 4.55. The van der Waals surface area contributed by atoms with Gasteiger partial charge in [0.2, 0.25) is 5.13 Å². The Morgan fingerprint density at radius 1 is 1.29 bits per heavy atom. The molecule has 2 heterocycles. The van der Waals surface area contributed by atoms with Gasteiger partial charge in [-0.25, -0.2) is 0 Å². The summed E-state index contributed by atoms with van der Waals surface area (Å²) in [5.41, 5.74) is 7.63. The number of pyridine rings is 1. The lowest BCUT2D eigenvalue weighted by Gasteiger charge is -2.06. The Morgan fingerprint density at radius 2 is 2.10 bits per heavy atom. The predicted molar refractivity (Wildman–Crippen MR) is 92.2 cm³/mol. The molecule has 0 saturated heterocycles. The van der Waals surface area contributed by atoms with Gasteiger partial charge in [0, 0.05) is 40.7 Å². The van der Waals surface area contributed by atoms with E-state index in [0.717, 1.165) is 35.4 Å². The summed E-state index contributed by atoms with van der Waals surface area (Å²) in [7, 11) is 3.90. The van der Waals surface area contributed by atoms with Gasteiger partial charge in [-0.15, -0.1) is 10.2 Å². The number of hydrogen-bond acceptors (Lipinski definition) is 7. The van der Waals surface area contributed by atoms with E-state index >= 15 is 0 Å². The summed E-state index contributed by atoms with van der Waals surface area (Å²) in [6.07, 6.45) is 1.77. The summed E-state index contributed by atoms with van der Waals surface area (Å²) in [5, 5.41) is 10.2. The van der Waals surface area contributed by atoms with Gasteiger partial charge >= 0.3 is 0 Å². The number of rotatable bonds is 3. The van der Waals surface area contributed by atoms with Crippen LogP contribution in [0.2, 0.25) is 0 Å². The van der Waals surface area contributed by atoms with E-state index in [1.807, 2.05) is 37.2 Å². The van der Waals surface area contributed by atoms with Crippen LogP contribution in [0.15, 0.2) is 38.1 Å². The van der Waals surface area contributed by atoms with Crippen LogP contribution in [-0.4, -0.2) is 29.3 Å². The van der Waals surface area contributed by atoms with E-state index in [4.69, 9.17) is 5.73 Å². The highest BCUT2D eigenvalue weighted by Crippen LogP contribution is 2.37. The van der Waals surface area contributed by atoms with Crippen LogP contribution in [0.1, 0.15) is 0 Å². The number of aromatic nitrogens is 3. The molecular weight excluding hydrogens is 370 g/mol. The van der Waals surface area contributed by atoms with Crippen LogP contribution >= 0.6 is 39.0 Å². The molecule has 0 saturated carbocycles. The van der Waals surface area contributed by atoms with Gasteiger partial charge in [-0.3, -0.25) is 4.98 Å². The van der Waals surface area contributed by atoms with Gasteiger partial charge in [-0.05, 0) is 34.1 Å². The molecule has 0 aliphatic rings. The highest BCUT2D eigenvalue weighted by Gasteiger charge is 2.12. The van der Waals surface area contributed by atoms with Gasteiger partial charge < -0.3 is 10.6 Å². The standard InChI is InChI=1S/C13H12BrN5S2/c1-19(2)12-17-18-13(21-12)20-10-4-3-9(15)8-5-7(14)6-16-11(8)10/h3-6H,15H2,1-2H3. The highest BCUT2D eigenvalue weighted by molar-refractivity contribution is 9.10. The van der Waals surface area contributed by atoms with Crippen molar-refractivity contribution >= 4 is 60.8 Å². The number of nitrogens with two attached hydrogens (primary N) is 1. The number of fused-ring (bicyclic) bond motifs is 1. The molecule has 0 atom stereocenters. The maximum absolute atomic E-state index is 6.03. The zero-order chi connectivity index (χ0) is 15.0. The molecule has 2 N–H and O–H groups in total. The lowest BCUT2D eigenvalue weighted by Crippen LogP contribution is -2.07. The third-order valence-corrected chi connectivity index (χ3v) is 5.41. The molecule has 0 bridgehead atoms. The van der Waals surface area contributed by atoms with E-state index in [1.54, 1.807) is 29.3 Å². The first-order valence-corrected chi connectivity index (χ1v) is 8.49. The average Bonchev–Trinajstić information content (AvgIpc) is 2.91. The molecular formula is C13H12BrN5S2. The summed E-state index contributed by atoms with van der Waals surface area (Å²) in [5.74, 6) is 0. The fraction of sp³-hybridized carbons (Fsp3) is 0.154. The van der Waals surface area contributed by atoms with E-state index < -0.39 is 0 Å². The van der Waals surface area contributed by atoms with Crippen molar-refractivity contribution in [1.29, 1.82) is 0 Å². The van der Waals surface area contributed by atoms with Crippen molar-refractivity contribution in [3.05, 3.63) is 28.9 Å². The Bertz CT molecular complexity index is 802. The predicted octanol–water partition coefficient (Wildman–Crippen LogP) is 3.65. The molecule has 0 amide bonds. The zero-order valence-electron chi connectivity index (χ0n) is 11.4. The number of nitrogens with zero attached hydrogens (tertiary/aromatic N) is 4. The zero-order valence-corrected chi connectivity index (χ0v) is 14.6. The summed E-state index contributed by atoms with van der Waals surface area (Å²) in [6.45, 7) is 0. The third kappa shape index (κ3) is 2.97. The van der Waals surface area contributed by atoms with E-state index in [9.17, 15) is 0 Å². The molecule has 0 aliphatic heterocycles. The van der Waals surface area contributed by atoms with Crippen molar-refractivity contribution in [2.45, 2.75) is 9.24 Å². The van der Waals surface area contributed by atoms with Gasteiger partial charge in [-0.1, -0.05) is 23.1 Å². The number of anilines is 2. The van der Waals surface area contributed by atoms with Gasteiger partial charge in [0.25, 0.3) is 0 Å². The molecule has 3 aromatic rings. The van der Waals surface area contributed by atoms with Crippen molar-refractivity contribution in [2.24, 2.45) is 0 Å². The fourth-order valence-electron chi connectivity index (χ4n) is 1.79. The molecule has 0 spiro atoms. The first-order valence-electron chi connectivity index (χ1n) is 6.07.